The van der Waals surface area contributed by atoms with Crippen LogP contribution in [-0.2, 0) is 56.0 Å². The molecule has 5 aliphatic rings. The molecule has 27 heteroatoms. The van der Waals surface area contributed by atoms with E-state index in [9.17, 15) is 20.1 Å². The summed E-state index contributed by atoms with van der Waals surface area (Å²) in [5.74, 6) is -0.417. The van der Waals surface area contributed by atoms with Gasteiger partial charge in [0, 0.05) is 4.91 Å². The van der Waals surface area contributed by atoms with Crippen LogP contribution >= 0.6 is 13.4 Å². The highest BCUT2D eigenvalue weighted by Gasteiger charge is 2.56. The van der Waals surface area contributed by atoms with Gasteiger partial charge in [0.1, 0.15) is 42.6 Å². The molecule has 2 aromatic rings. The van der Waals surface area contributed by atoms with Gasteiger partial charge < -0.3 is 48.8 Å². The molecule has 5 unspecified atom stereocenters. The predicted molar refractivity (Wildman–Crippen MR) is 162 cm³/mol. The first-order valence-corrected chi connectivity index (χ1v) is 18.9. The number of alkyl halides is 1. The molecule has 47 heavy (non-hydrogen) atoms. The summed E-state index contributed by atoms with van der Waals surface area (Å²) < 4.78 is 52.2. The number of hydrogen-bond acceptors (Lipinski definition) is 18. The number of rotatable bonds is 3. The maximum Gasteiger partial charge on any atom is 0.325 e. The average Bonchev–Trinajstić information content (AvgIpc) is 3.76. The van der Waals surface area contributed by atoms with Gasteiger partial charge in [-0.3, -0.25) is 29.9 Å². The molecule has 4 fully saturated rings. The van der Waals surface area contributed by atoms with E-state index in [1.165, 1.54) is 28.5 Å². The van der Waals surface area contributed by atoms with E-state index in [-0.39, 0.29) is 17.0 Å². The van der Waals surface area contributed by atoms with Crippen LogP contribution in [-0.4, -0.2) is 121 Å². The van der Waals surface area contributed by atoms with Crippen molar-refractivity contribution in [1.82, 2.24) is 35.1 Å². The summed E-state index contributed by atoms with van der Waals surface area (Å²) in [5.41, 5.74) is 21.6. The molecule has 1 amide bonds. The summed E-state index contributed by atoms with van der Waals surface area (Å²) >= 11 is 10.5. The quantitative estimate of drug-likeness (QED) is 0.0885. The van der Waals surface area contributed by atoms with Gasteiger partial charge in [0.15, 0.2) is 36.1 Å². The highest BCUT2D eigenvalue weighted by Crippen LogP contribution is 2.54. The van der Waals surface area contributed by atoms with Crippen LogP contribution < -0.4 is 22.1 Å². The van der Waals surface area contributed by atoms with E-state index in [0.29, 0.717) is 0 Å². The molecule has 7 rings (SSSR count). The Labute approximate surface area is 273 Å². The molecule has 0 radical (unpaired) electrons. The first-order chi connectivity index (χ1) is 22.4. The molecule has 4 saturated heterocycles. The van der Waals surface area contributed by atoms with Crippen molar-refractivity contribution in [3.8, 4) is 0 Å². The zero-order valence-corrected chi connectivity index (χ0v) is 26.9. The number of aromatic nitrogens is 4. The summed E-state index contributed by atoms with van der Waals surface area (Å²) in [6.45, 7) is -9.82. The van der Waals surface area contributed by atoms with Gasteiger partial charge in [-0.05, 0) is 29.1 Å². The fourth-order valence-electron chi connectivity index (χ4n) is 5.88. The van der Waals surface area contributed by atoms with E-state index >= 15 is 4.39 Å². The Morgan fingerprint density at radius 3 is 2.55 bits per heavy atom. The van der Waals surface area contributed by atoms with Gasteiger partial charge in [-0.1, -0.05) is 5.11 Å². The van der Waals surface area contributed by atoms with Gasteiger partial charge in [-0.2, -0.15) is 0 Å². The molecule has 2 aromatic heterocycles. The van der Waals surface area contributed by atoms with E-state index in [1.54, 1.807) is 0 Å². The number of nitrogen functional groups attached to an aromatic ring is 1. The van der Waals surface area contributed by atoms with Crippen molar-refractivity contribution >= 4 is 66.3 Å². The number of anilines is 1. The molecule has 0 aliphatic carbocycles. The molecule has 7 heterocycles. The lowest BCUT2D eigenvalue weighted by atomic mass is 10.1. The van der Waals surface area contributed by atoms with E-state index in [2.05, 4.69) is 40.6 Å². The second-order valence-corrected chi connectivity index (χ2v) is 16.4. The molecule has 0 spiro atoms. The Morgan fingerprint density at radius 2 is 1.81 bits per heavy atom. The van der Waals surface area contributed by atoms with Gasteiger partial charge >= 0.3 is 13.4 Å². The van der Waals surface area contributed by atoms with Crippen molar-refractivity contribution in [2.45, 2.75) is 67.6 Å². The Bertz CT molecular complexity index is 1760. The number of nitrogens with two attached hydrogens (primary N) is 2. The SMILES string of the molecule is [N-]=[N+]=N[C@H]1[C@H]2OP(O)(=S)OC[C@H]3O[C@H](N4C=NC5C(=O)NC(N)NC54)[C@H](OP(O)(=S)OC[C@H]1O[C@H]2n1cnc2c(N)ncnc21)[C@@H]3F. The van der Waals surface area contributed by atoms with Gasteiger partial charge in [-0.25, -0.2) is 19.3 Å². The molecule has 254 valence electrons. The minimum Gasteiger partial charge on any atom is -0.382 e. The molecule has 5 aliphatic heterocycles. The van der Waals surface area contributed by atoms with E-state index < -0.39 is 100 Å². The topological polar surface area (TPSA) is 297 Å². The Hall–Kier alpha value is -2.57. The van der Waals surface area contributed by atoms with Crippen molar-refractivity contribution in [2.75, 3.05) is 18.9 Å². The second-order valence-electron chi connectivity index (χ2n) is 10.8. The van der Waals surface area contributed by atoms with E-state index in [0.717, 1.165) is 0 Å². The zero-order chi connectivity index (χ0) is 33.2. The minimum atomic E-state index is -4.31. The first kappa shape index (κ1) is 33.0. The number of halogens is 1. The number of imidazole rings is 1. The van der Waals surface area contributed by atoms with Crippen molar-refractivity contribution in [3.63, 3.8) is 0 Å². The van der Waals surface area contributed by atoms with Crippen molar-refractivity contribution in [2.24, 2.45) is 15.8 Å². The monoisotopic (exact) mass is 737 g/mol. The molecular formula is C20H26FN13O9P2S2. The summed E-state index contributed by atoms with van der Waals surface area (Å²) in [5, 5.41) is 9.19. The number of fused-ring (bicyclic) bond motifs is 6. The maximum atomic E-state index is 16.1. The van der Waals surface area contributed by atoms with Crippen molar-refractivity contribution < 1.29 is 46.5 Å². The van der Waals surface area contributed by atoms with Crippen LogP contribution in [0.2, 0.25) is 0 Å². The van der Waals surface area contributed by atoms with Crippen LogP contribution in [0.1, 0.15) is 6.23 Å². The number of ether oxygens (including phenoxy) is 2. The summed E-state index contributed by atoms with van der Waals surface area (Å²) in [6, 6.07) is -2.21. The lowest BCUT2D eigenvalue weighted by Crippen LogP contribution is -2.70. The van der Waals surface area contributed by atoms with Crippen LogP contribution in [0.15, 0.2) is 22.8 Å². The maximum absolute atomic E-state index is 16.1. The van der Waals surface area contributed by atoms with Crippen LogP contribution in [0.5, 0.6) is 0 Å². The van der Waals surface area contributed by atoms with E-state index in [4.69, 9.17) is 62.6 Å². The summed E-state index contributed by atoms with van der Waals surface area (Å²) in [7, 11) is 0. The molecular weight excluding hydrogens is 711 g/mol. The van der Waals surface area contributed by atoms with Gasteiger partial charge in [0.2, 0.25) is 0 Å². The predicted octanol–water partition coefficient (Wildman–Crippen LogP) is -1.70. The van der Waals surface area contributed by atoms with E-state index in [1.807, 2.05) is 0 Å². The Morgan fingerprint density at radius 1 is 1.11 bits per heavy atom. The first-order valence-electron chi connectivity index (χ1n) is 13.7. The van der Waals surface area contributed by atoms with Gasteiger partial charge in [0.05, 0.1) is 38.0 Å². The number of azide groups is 1. The number of nitrogens with zero attached hydrogens (tertiary/aromatic N) is 9. The van der Waals surface area contributed by atoms with Gasteiger partial charge in [-0.15, -0.1) is 0 Å². The third-order valence-electron chi connectivity index (χ3n) is 7.93. The van der Waals surface area contributed by atoms with Crippen LogP contribution in [0, 0.1) is 0 Å². The van der Waals surface area contributed by atoms with Crippen LogP contribution in [0.3, 0.4) is 0 Å². The Kier molecular flexibility index (Phi) is 8.69. The summed E-state index contributed by atoms with van der Waals surface area (Å²) in [6.07, 6.45) is -8.33. The number of carbonyl (C=O) groups is 1. The standard InChI is InChI=1S/C20H26FN13O9P2S2/c21-8-6-1-38-45(37,47)43-13-9(31-32-24)7(41-19(13)33-4-27-10-14(22)25-3-26-15(10)33)2-39-44(36,46)42-12(8)18(40-6)34-5-28-11-16(34)29-20(23)30-17(11)35/h3-9,11-13,16,18-20,29H,1-2,23H2,(H,30,35)(H,36,46)(H,37,47)(H2,22,25,26)/t6-,7-,8-,9-,11?,12-,13-,16?,18+,19-,20?,44?,45?/m1/s1. The molecule has 0 aromatic carbocycles. The highest BCUT2D eigenvalue weighted by atomic mass is 32.5. The lowest BCUT2D eigenvalue weighted by Gasteiger charge is -2.39. The Balaban J connectivity index is 1.21. The molecule has 22 nitrogen and oxygen atoms in total. The third kappa shape index (κ3) is 6.11. The number of carbonyl (C=O) groups excluding carboxylic acids is 1. The lowest BCUT2D eigenvalue weighted by molar-refractivity contribution is -0.130. The molecule has 4 bridgehead atoms. The minimum absolute atomic E-state index is 0.0676. The highest BCUT2D eigenvalue weighted by molar-refractivity contribution is 8.07. The normalized spacial score (nSPS) is 43.7. The fourth-order valence-corrected chi connectivity index (χ4v) is 8.69. The zero-order valence-electron chi connectivity index (χ0n) is 23.5. The molecule has 13 atom stereocenters. The number of nitrogens with one attached hydrogen (secondary N) is 2. The average molecular weight is 738 g/mol. The molecule has 8 N–H and O–H groups in total. The fraction of sp³-hybridized carbons (Fsp3) is 0.650. The smallest absolute Gasteiger partial charge is 0.325 e. The second kappa shape index (κ2) is 12.4. The van der Waals surface area contributed by atoms with Crippen molar-refractivity contribution in [1.29, 1.82) is 0 Å². The molecule has 0 saturated carbocycles. The van der Waals surface area contributed by atoms with Gasteiger partial charge in [0.25, 0.3) is 5.91 Å². The van der Waals surface area contributed by atoms with Crippen LogP contribution in [0.4, 0.5) is 10.2 Å². The number of hydrogen-bond donors (Lipinski definition) is 6. The third-order valence-corrected chi connectivity index (χ3v) is 11.0. The van der Waals surface area contributed by atoms with Crippen molar-refractivity contribution in [3.05, 3.63) is 23.1 Å². The summed E-state index contributed by atoms with van der Waals surface area (Å²) in [4.78, 5) is 55.5. The largest absolute Gasteiger partial charge is 0.382 e. The number of amides is 1. The number of aliphatic imine (C=N–C) groups is 1. The van der Waals surface area contributed by atoms with Crippen LogP contribution in [0.25, 0.3) is 21.6 Å².